The summed E-state index contributed by atoms with van der Waals surface area (Å²) in [6, 6.07) is 0.454. The molecule has 4 saturated carbocycles. The minimum Gasteiger partial charge on any atom is -0.337 e. The topological polar surface area (TPSA) is 29.9 Å². The minimum absolute atomic E-state index is 0.454. The van der Waals surface area contributed by atoms with E-state index in [1.54, 1.807) is 0 Å². The fourth-order valence-corrected chi connectivity index (χ4v) is 5.68. The van der Waals surface area contributed by atoms with Gasteiger partial charge in [-0.05, 0) is 68.7 Å². The van der Waals surface area contributed by atoms with Gasteiger partial charge in [0.15, 0.2) is 0 Å². The van der Waals surface area contributed by atoms with Crippen LogP contribution in [0.3, 0.4) is 0 Å². The van der Waals surface area contributed by atoms with Crippen LogP contribution in [0.5, 0.6) is 0 Å². The molecular formula is C16H25N3. The van der Waals surface area contributed by atoms with Gasteiger partial charge >= 0.3 is 0 Å². The Hall–Kier alpha value is -0.830. The molecular weight excluding hydrogens is 234 g/mol. The Morgan fingerprint density at radius 3 is 2.26 bits per heavy atom. The molecule has 1 heterocycles. The molecule has 4 bridgehead atoms. The van der Waals surface area contributed by atoms with Gasteiger partial charge in [0.1, 0.15) is 5.82 Å². The van der Waals surface area contributed by atoms with Crippen LogP contribution in [0.15, 0.2) is 12.4 Å². The third-order valence-corrected chi connectivity index (χ3v) is 6.13. The average Bonchev–Trinajstić information content (AvgIpc) is 2.79. The first-order valence-electron chi connectivity index (χ1n) is 7.90. The maximum atomic E-state index is 4.62. The molecule has 1 aromatic heterocycles. The number of hydrogen-bond acceptors (Lipinski definition) is 2. The van der Waals surface area contributed by atoms with E-state index in [0.717, 1.165) is 29.6 Å². The lowest BCUT2D eigenvalue weighted by Crippen LogP contribution is -2.49. The van der Waals surface area contributed by atoms with E-state index in [0.29, 0.717) is 6.04 Å². The lowest BCUT2D eigenvalue weighted by Gasteiger charge is -2.56. The normalized spacial score (nSPS) is 41.7. The summed E-state index contributed by atoms with van der Waals surface area (Å²) in [4.78, 5) is 4.62. The summed E-state index contributed by atoms with van der Waals surface area (Å²) in [6.07, 6.45) is 11.5. The molecule has 3 heteroatoms. The van der Waals surface area contributed by atoms with Crippen LogP contribution in [-0.2, 0) is 7.05 Å². The van der Waals surface area contributed by atoms with E-state index in [2.05, 4.69) is 35.2 Å². The fourth-order valence-electron chi connectivity index (χ4n) is 5.68. The Bertz CT molecular complexity index is 436. The molecule has 0 spiro atoms. The third-order valence-electron chi connectivity index (χ3n) is 6.13. The highest BCUT2D eigenvalue weighted by molar-refractivity contribution is 5.08. The van der Waals surface area contributed by atoms with E-state index in [-0.39, 0.29) is 0 Å². The summed E-state index contributed by atoms with van der Waals surface area (Å²) in [7, 11) is 4.24. The Kier molecular flexibility index (Phi) is 2.73. The van der Waals surface area contributed by atoms with Crippen LogP contribution in [0.4, 0.5) is 0 Å². The van der Waals surface area contributed by atoms with Crippen LogP contribution < -0.4 is 5.32 Å². The number of rotatable bonds is 3. The predicted molar refractivity (Wildman–Crippen MR) is 75.5 cm³/mol. The smallest absolute Gasteiger partial charge is 0.125 e. The monoisotopic (exact) mass is 259 g/mol. The lowest BCUT2D eigenvalue weighted by molar-refractivity contribution is -0.0530. The molecule has 4 fully saturated rings. The van der Waals surface area contributed by atoms with Crippen molar-refractivity contribution in [2.75, 3.05) is 7.05 Å². The molecule has 19 heavy (non-hydrogen) atoms. The van der Waals surface area contributed by atoms with E-state index in [4.69, 9.17) is 0 Å². The van der Waals surface area contributed by atoms with Crippen LogP contribution in [0, 0.1) is 29.6 Å². The molecule has 1 N–H and O–H groups in total. The van der Waals surface area contributed by atoms with Gasteiger partial charge in [-0.15, -0.1) is 0 Å². The summed E-state index contributed by atoms with van der Waals surface area (Å²) in [5.41, 5.74) is 0. The van der Waals surface area contributed by atoms with Crippen LogP contribution in [0.25, 0.3) is 0 Å². The molecule has 4 aliphatic rings. The molecule has 104 valence electrons. The van der Waals surface area contributed by atoms with Crippen LogP contribution in [0.1, 0.15) is 44.0 Å². The number of imidazole rings is 1. The van der Waals surface area contributed by atoms with Gasteiger partial charge in [-0.2, -0.15) is 0 Å². The molecule has 5 rings (SSSR count). The van der Waals surface area contributed by atoms with Crippen molar-refractivity contribution in [1.82, 2.24) is 14.9 Å². The van der Waals surface area contributed by atoms with Gasteiger partial charge in [0.25, 0.3) is 0 Å². The zero-order chi connectivity index (χ0) is 13.0. The number of nitrogens with one attached hydrogen (secondary N) is 1. The third kappa shape index (κ3) is 1.78. The molecule has 3 nitrogen and oxygen atoms in total. The van der Waals surface area contributed by atoms with Gasteiger partial charge in [0.05, 0.1) is 6.04 Å². The van der Waals surface area contributed by atoms with Crippen LogP contribution in [-0.4, -0.2) is 16.6 Å². The van der Waals surface area contributed by atoms with E-state index in [1.165, 1.54) is 37.9 Å². The van der Waals surface area contributed by atoms with Gasteiger partial charge < -0.3 is 9.88 Å². The minimum atomic E-state index is 0.454. The summed E-state index contributed by atoms with van der Waals surface area (Å²) < 4.78 is 2.20. The molecule has 0 amide bonds. The van der Waals surface area contributed by atoms with Crippen molar-refractivity contribution in [2.45, 2.75) is 38.1 Å². The first-order chi connectivity index (χ1) is 9.26. The van der Waals surface area contributed by atoms with E-state index in [1.807, 2.05) is 6.20 Å². The predicted octanol–water partition coefficient (Wildman–Crippen LogP) is 2.75. The Balaban J connectivity index is 1.66. The van der Waals surface area contributed by atoms with Crippen molar-refractivity contribution < 1.29 is 0 Å². The summed E-state index contributed by atoms with van der Waals surface area (Å²) in [5, 5.41) is 3.59. The number of aromatic nitrogens is 2. The van der Waals surface area contributed by atoms with Crippen molar-refractivity contribution in [2.24, 2.45) is 36.6 Å². The van der Waals surface area contributed by atoms with Crippen LogP contribution >= 0.6 is 0 Å². The second-order valence-corrected chi connectivity index (χ2v) is 7.17. The van der Waals surface area contributed by atoms with Gasteiger partial charge in [-0.25, -0.2) is 4.98 Å². The molecule has 0 aliphatic heterocycles. The second kappa shape index (κ2) is 4.34. The van der Waals surface area contributed by atoms with Crippen molar-refractivity contribution in [3.8, 4) is 0 Å². The largest absolute Gasteiger partial charge is 0.337 e. The Morgan fingerprint density at radius 2 is 1.79 bits per heavy atom. The van der Waals surface area contributed by atoms with Gasteiger partial charge in [-0.3, -0.25) is 0 Å². The maximum Gasteiger partial charge on any atom is 0.125 e. The fraction of sp³-hybridized carbons (Fsp3) is 0.812. The van der Waals surface area contributed by atoms with E-state index < -0.39 is 0 Å². The van der Waals surface area contributed by atoms with Gasteiger partial charge in [-0.1, -0.05) is 0 Å². The highest BCUT2D eigenvalue weighted by atomic mass is 15.1. The summed E-state index contributed by atoms with van der Waals surface area (Å²) >= 11 is 0. The van der Waals surface area contributed by atoms with Crippen molar-refractivity contribution in [3.63, 3.8) is 0 Å². The average molecular weight is 259 g/mol. The maximum absolute atomic E-state index is 4.62. The van der Waals surface area contributed by atoms with E-state index >= 15 is 0 Å². The zero-order valence-electron chi connectivity index (χ0n) is 12.0. The first kappa shape index (κ1) is 12.0. The zero-order valence-corrected chi connectivity index (χ0v) is 12.0. The molecule has 0 saturated heterocycles. The molecule has 0 aromatic carbocycles. The summed E-state index contributed by atoms with van der Waals surface area (Å²) in [6.45, 7) is 0. The second-order valence-electron chi connectivity index (χ2n) is 7.17. The number of nitrogens with zero attached hydrogens (tertiary/aromatic N) is 2. The number of aryl methyl sites for hydroxylation is 1. The first-order valence-corrected chi connectivity index (χ1v) is 7.90. The van der Waals surface area contributed by atoms with Crippen molar-refractivity contribution >= 4 is 0 Å². The number of hydrogen-bond donors (Lipinski definition) is 1. The van der Waals surface area contributed by atoms with E-state index in [9.17, 15) is 0 Å². The molecule has 1 unspecified atom stereocenters. The highest BCUT2D eigenvalue weighted by Gasteiger charge is 2.51. The van der Waals surface area contributed by atoms with Gasteiger partial charge in [0.2, 0.25) is 0 Å². The van der Waals surface area contributed by atoms with Gasteiger partial charge in [0, 0.05) is 19.4 Å². The molecule has 0 radical (unpaired) electrons. The van der Waals surface area contributed by atoms with Crippen LogP contribution in [0.2, 0.25) is 0 Å². The SMILES string of the molecule is CNC(c1nccn1C)C1C2CC3CC(C2)CC1C3. The van der Waals surface area contributed by atoms with Crippen molar-refractivity contribution in [3.05, 3.63) is 18.2 Å². The lowest BCUT2D eigenvalue weighted by atomic mass is 9.50. The highest BCUT2D eigenvalue weighted by Crippen LogP contribution is 2.59. The van der Waals surface area contributed by atoms with Crippen molar-refractivity contribution in [1.29, 1.82) is 0 Å². The molecule has 1 aromatic rings. The Morgan fingerprint density at radius 1 is 1.16 bits per heavy atom. The standard InChI is InChI=1S/C16H25N3/c1-17-15(16-18-3-4-19(16)2)14-12-6-10-5-11(8-12)9-13(14)7-10/h3-4,10-15,17H,5-9H2,1-2H3. The summed E-state index contributed by atoms with van der Waals surface area (Å²) in [5.74, 6) is 6.06. The molecule has 1 atom stereocenters. The Labute approximate surface area is 115 Å². The quantitative estimate of drug-likeness (QED) is 0.904. The molecule has 4 aliphatic carbocycles.